The third kappa shape index (κ3) is 2.02. The predicted octanol–water partition coefficient (Wildman–Crippen LogP) is 0.849. The van der Waals surface area contributed by atoms with Crippen LogP contribution in [0.15, 0.2) is 0 Å². The molecule has 6 nitrogen and oxygen atoms in total. The van der Waals surface area contributed by atoms with Crippen molar-refractivity contribution in [2.75, 3.05) is 13.2 Å². The summed E-state index contributed by atoms with van der Waals surface area (Å²) in [6.07, 6.45) is 4.46. The van der Waals surface area contributed by atoms with Gasteiger partial charge < -0.3 is 19.7 Å². The van der Waals surface area contributed by atoms with E-state index in [-0.39, 0.29) is 13.2 Å². The fraction of sp³-hybridized carbons (Fsp3) is 0.818. The van der Waals surface area contributed by atoms with Crippen LogP contribution >= 0.6 is 0 Å². The van der Waals surface area contributed by atoms with Crippen LogP contribution in [0.2, 0.25) is 0 Å². The summed E-state index contributed by atoms with van der Waals surface area (Å²) in [4.78, 5) is 22.1. The molecule has 1 heterocycles. The lowest BCUT2D eigenvalue weighted by atomic mass is 9.86. The monoisotopic (exact) mass is 244 g/mol. The molecule has 2 aliphatic rings. The molecule has 0 bridgehead atoms. The summed E-state index contributed by atoms with van der Waals surface area (Å²) in [6, 6.07) is 0. The Morgan fingerprint density at radius 2 is 1.35 bits per heavy atom. The first kappa shape index (κ1) is 12.3. The van der Waals surface area contributed by atoms with Gasteiger partial charge in [0.05, 0.1) is 13.2 Å². The zero-order valence-corrected chi connectivity index (χ0v) is 9.48. The van der Waals surface area contributed by atoms with Crippen molar-refractivity contribution in [3.05, 3.63) is 0 Å². The van der Waals surface area contributed by atoms with Gasteiger partial charge in [0, 0.05) is 12.8 Å². The molecular weight excluding hydrogens is 228 g/mol. The summed E-state index contributed by atoms with van der Waals surface area (Å²) in [5.74, 6) is -3.56. The molecular formula is C11H16O6. The minimum Gasteiger partial charge on any atom is -0.480 e. The maximum atomic E-state index is 11.0. The quantitative estimate of drug-likeness (QED) is 0.699. The summed E-state index contributed by atoms with van der Waals surface area (Å²) in [6.45, 7) is -0.644. The van der Waals surface area contributed by atoms with Crippen molar-refractivity contribution < 1.29 is 29.3 Å². The van der Waals surface area contributed by atoms with Crippen molar-refractivity contribution in [1.29, 1.82) is 0 Å². The number of carboxylic acids is 2. The largest absolute Gasteiger partial charge is 0.480 e. The highest BCUT2D eigenvalue weighted by Crippen LogP contribution is 2.39. The highest BCUT2D eigenvalue weighted by Gasteiger charge is 2.54. The van der Waals surface area contributed by atoms with Gasteiger partial charge in [-0.1, -0.05) is 6.42 Å². The standard InChI is InChI=1S/C11H16O6/c12-8(13)10(9(14)15)6-16-11(17-7-10)4-2-1-3-5-11/h1-7H2,(H,12,13)(H,14,15). The van der Waals surface area contributed by atoms with E-state index >= 15 is 0 Å². The number of hydrogen-bond donors (Lipinski definition) is 2. The molecule has 1 aliphatic heterocycles. The number of carbonyl (C=O) groups is 2. The number of aliphatic carboxylic acids is 2. The average molecular weight is 244 g/mol. The van der Waals surface area contributed by atoms with Gasteiger partial charge in [-0.15, -0.1) is 0 Å². The minimum absolute atomic E-state index is 0.322. The number of rotatable bonds is 2. The van der Waals surface area contributed by atoms with E-state index in [0.29, 0.717) is 12.8 Å². The topological polar surface area (TPSA) is 93.1 Å². The molecule has 1 saturated heterocycles. The van der Waals surface area contributed by atoms with Crippen LogP contribution in [0, 0.1) is 5.41 Å². The van der Waals surface area contributed by atoms with Crippen LogP contribution in [-0.4, -0.2) is 41.2 Å². The average Bonchev–Trinajstić information content (AvgIpc) is 2.30. The van der Waals surface area contributed by atoms with E-state index in [9.17, 15) is 9.59 Å². The van der Waals surface area contributed by atoms with Gasteiger partial charge in [0.25, 0.3) is 0 Å². The van der Waals surface area contributed by atoms with E-state index in [2.05, 4.69) is 0 Å². The first-order valence-corrected chi connectivity index (χ1v) is 5.76. The Kier molecular flexibility index (Phi) is 3.09. The molecule has 0 aromatic carbocycles. The SMILES string of the molecule is O=C(O)C1(C(=O)O)COC2(CCCCC2)OC1. The fourth-order valence-electron chi connectivity index (χ4n) is 2.31. The molecule has 2 fully saturated rings. The lowest BCUT2D eigenvalue weighted by molar-refractivity contribution is -0.309. The van der Waals surface area contributed by atoms with E-state index in [0.717, 1.165) is 19.3 Å². The molecule has 17 heavy (non-hydrogen) atoms. The fourth-order valence-corrected chi connectivity index (χ4v) is 2.31. The third-order valence-electron chi connectivity index (χ3n) is 3.60. The summed E-state index contributed by atoms with van der Waals surface area (Å²) in [5.41, 5.74) is -1.96. The van der Waals surface area contributed by atoms with Crippen molar-refractivity contribution >= 4 is 11.9 Å². The molecule has 0 unspecified atom stereocenters. The van der Waals surface area contributed by atoms with Gasteiger partial charge in [-0.05, 0) is 12.8 Å². The Labute approximate surface area is 98.5 Å². The lowest BCUT2D eigenvalue weighted by Gasteiger charge is -2.44. The van der Waals surface area contributed by atoms with Gasteiger partial charge >= 0.3 is 11.9 Å². The Hall–Kier alpha value is -1.14. The van der Waals surface area contributed by atoms with Crippen molar-refractivity contribution in [2.24, 2.45) is 5.41 Å². The Balaban J connectivity index is 2.10. The Bertz CT molecular complexity index is 305. The van der Waals surface area contributed by atoms with Gasteiger partial charge in [0.1, 0.15) is 0 Å². The van der Waals surface area contributed by atoms with Crippen LogP contribution in [-0.2, 0) is 19.1 Å². The zero-order valence-electron chi connectivity index (χ0n) is 9.48. The normalized spacial score (nSPS) is 26.6. The molecule has 2 N–H and O–H groups in total. The molecule has 0 amide bonds. The second kappa shape index (κ2) is 4.27. The number of carboxylic acid groups (broad SMARTS) is 2. The first-order valence-electron chi connectivity index (χ1n) is 5.76. The number of hydrogen-bond acceptors (Lipinski definition) is 4. The van der Waals surface area contributed by atoms with E-state index in [1.54, 1.807) is 0 Å². The highest BCUT2D eigenvalue weighted by atomic mass is 16.7. The molecule has 1 spiro atoms. The third-order valence-corrected chi connectivity index (χ3v) is 3.60. The van der Waals surface area contributed by atoms with Crippen LogP contribution in [0.25, 0.3) is 0 Å². The molecule has 0 radical (unpaired) electrons. The summed E-state index contributed by atoms with van der Waals surface area (Å²) in [7, 11) is 0. The summed E-state index contributed by atoms with van der Waals surface area (Å²) in [5, 5.41) is 18.0. The van der Waals surface area contributed by atoms with Crippen LogP contribution in [0.3, 0.4) is 0 Å². The van der Waals surface area contributed by atoms with Crippen molar-refractivity contribution in [3.8, 4) is 0 Å². The highest BCUT2D eigenvalue weighted by molar-refractivity contribution is 5.98. The molecule has 0 aromatic heterocycles. The molecule has 1 aliphatic carbocycles. The van der Waals surface area contributed by atoms with Gasteiger partial charge in [-0.2, -0.15) is 0 Å². The van der Waals surface area contributed by atoms with Crippen molar-refractivity contribution in [2.45, 2.75) is 37.9 Å². The molecule has 0 atom stereocenters. The van der Waals surface area contributed by atoms with Gasteiger partial charge in [0.2, 0.25) is 5.41 Å². The predicted molar refractivity (Wildman–Crippen MR) is 55.4 cm³/mol. The zero-order chi connectivity index (χ0) is 12.5. The van der Waals surface area contributed by atoms with Crippen LogP contribution < -0.4 is 0 Å². The van der Waals surface area contributed by atoms with Gasteiger partial charge in [-0.25, -0.2) is 0 Å². The summed E-state index contributed by atoms with van der Waals surface area (Å²) < 4.78 is 10.9. The van der Waals surface area contributed by atoms with E-state index in [4.69, 9.17) is 19.7 Å². The van der Waals surface area contributed by atoms with Crippen LogP contribution in [0.5, 0.6) is 0 Å². The number of ether oxygens (including phenoxy) is 2. The summed E-state index contributed by atoms with van der Waals surface area (Å²) >= 11 is 0. The second-order valence-electron chi connectivity index (χ2n) is 4.74. The van der Waals surface area contributed by atoms with Gasteiger partial charge in [0.15, 0.2) is 5.79 Å². The van der Waals surface area contributed by atoms with Crippen molar-refractivity contribution in [3.63, 3.8) is 0 Å². The van der Waals surface area contributed by atoms with E-state index < -0.39 is 23.1 Å². The second-order valence-corrected chi connectivity index (χ2v) is 4.74. The molecule has 96 valence electrons. The minimum atomic E-state index is -1.96. The molecule has 2 rings (SSSR count). The van der Waals surface area contributed by atoms with Crippen LogP contribution in [0.4, 0.5) is 0 Å². The van der Waals surface area contributed by atoms with E-state index in [1.807, 2.05) is 0 Å². The molecule has 6 heteroatoms. The van der Waals surface area contributed by atoms with Crippen molar-refractivity contribution in [1.82, 2.24) is 0 Å². The Morgan fingerprint density at radius 3 is 1.76 bits per heavy atom. The maximum Gasteiger partial charge on any atom is 0.325 e. The van der Waals surface area contributed by atoms with Gasteiger partial charge in [-0.3, -0.25) is 9.59 Å². The Morgan fingerprint density at radius 1 is 0.882 bits per heavy atom. The smallest absolute Gasteiger partial charge is 0.325 e. The molecule has 0 aromatic rings. The molecule has 1 saturated carbocycles. The van der Waals surface area contributed by atoms with Crippen LogP contribution in [0.1, 0.15) is 32.1 Å². The first-order chi connectivity index (χ1) is 8.01. The lowest BCUT2D eigenvalue weighted by Crippen LogP contribution is -2.57. The maximum absolute atomic E-state index is 11.0. The van der Waals surface area contributed by atoms with E-state index in [1.165, 1.54) is 0 Å².